The normalized spacial score (nSPS) is 12.7. The SMILES string of the molecule is CSCc1nnc(SC(C)c2nc(-c3cccs3)no2)o1. The van der Waals surface area contributed by atoms with Crippen LogP contribution >= 0.6 is 34.9 Å². The molecule has 0 aliphatic carbocycles. The molecule has 0 saturated heterocycles. The van der Waals surface area contributed by atoms with Crippen LogP contribution in [0.3, 0.4) is 0 Å². The molecule has 0 aromatic carbocycles. The monoisotopic (exact) mass is 340 g/mol. The Morgan fingerprint density at radius 3 is 3.05 bits per heavy atom. The van der Waals surface area contributed by atoms with Crippen LogP contribution in [0.4, 0.5) is 0 Å². The summed E-state index contributed by atoms with van der Waals surface area (Å²) >= 11 is 4.63. The number of hydrogen-bond acceptors (Lipinski definition) is 9. The fourth-order valence-electron chi connectivity index (χ4n) is 1.58. The molecular weight excluding hydrogens is 328 g/mol. The van der Waals surface area contributed by atoms with Gasteiger partial charge in [-0.3, -0.25) is 0 Å². The van der Waals surface area contributed by atoms with Gasteiger partial charge in [-0.2, -0.15) is 16.7 Å². The van der Waals surface area contributed by atoms with E-state index in [1.807, 2.05) is 30.7 Å². The summed E-state index contributed by atoms with van der Waals surface area (Å²) in [6.45, 7) is 1.97. The van der Waals surface area contributed by atoms with Gasteiger partial charge in [0.2, 0.25) is 17.6 Å². The second-order valence-corrected chi connectivity index (χ2v) is 7.19. The third-order valence-corrected chi connectivity index (χ3v) is 4.85. The lowest BCUT2D eigenvalue weighted by molar-refractivity contribution is 0.379. The van der Waals surface area contributed by atoms with Gasteiger partial charge in [-0.25, -0.2) is 0 Å². The summed E-state index contributed by atoms with van der Waals surface area (Å²) < 4.78 is 10.8. The molecule has 0 spiro atoms. The molecule has 21 heavy (non-hydrogen) atoms. The molecule has 3 aromatic heterocycles. The first kappa shape index (κ1) is 14.6. The molecule has 9 heteroatoms. The van der Waals surface area contributed by atoms with E-state index in [0.717, 1.165) is 4.88 Å². The first-order valence-electron chi connectivity index (χ1n) is 6.11. The van der Waals surface area contributed by atoms with Gasteiger partial charge in [-0.05, 0) is 24.6 Å². The van der Waals surface area contributed by atoms with Gasteiger partial charge in [0.05, 0.1) is 15.9 Å². The largest absolute Gasteiger partial charge is 0.415 e. The second-order valence-electron chi connectivity index (χ2n) is 4.09. The standard InChI is InChI=1S/C12H12N4O2S3/c1-7(21-12-15-14-9(17-12)6-19-2)11-13-10(16-18-11)8-4-3-5-20-8/h3-5,7H,6H2,1-2H3. The highest BCUT2D eigenvalue weighted by atomic mass is 32.2. The van der Waals surface area contributed by atoms with Gasteiger partial charge >= 0.3 is 0 Å². The van der Waals surface area contributed by atoms with Crippen molar-refractivity contribution in [1.29, 1.82) is 0 Å². The van der Waals surface area contributed by atoms with E-state index in [1.165, 1.54) is 11.8 Å². The van der Waals surface area contributed by atoms with E-state index in [4.69, 9.17) is 8.94 Å². The van der Waals surface area contributed by atoms with Crippen molar-refractivity contribution >= 4 is 34.9 Å². The Hall–Kier alpha value is -1.32. The summed E-state index contributed by atoms with van der Waals surface area (Å²) in [7, 11) is 0. The van der Waals surface area contributed by atoms with Crippen LogP contribution in [0.5, 0.6) is 0 Å². The van der Waals surface area contributed by atoms with Crippen LogP contribution in [-0.2, 0) is 5.75 Å². The lowest BCUT2D eigenvalue weighted by Crippen LogP contribution is -1.88. The number of thiophene rings is 1. The Kier molecular flexibility index (Phi) is 4.61. The minimum atomic E-state index is -0.0474. The molecule has 0 amide bonds. The summed E-state index contributed by atoms with van der Waals surface area (Å²) in [6, 6.07) is 3.92. The van der Waals surface area contributed by atoms with Gasteiger partial charge in [0.15, 0.2) is 0 Å². The molecule has 6 nitrogen and oxygen atoms in total. The second kappa shape index (κ2) is 6.63. The van der Waals surface area contributed by atoms with E-state index < -0.39 is 0 Å². The maximum absolute atomic E-state index is 5.53. The molecule has 0 N–H and O–H groups in total. The van der Waals surface area contributed by atoms with Crippen LogP contribution in [0, 0.1) is 0 Å². The summed E-state index contributed by atoms with van der Waals surface area (Å²) in [5, 5.41) is 14.4. The number of aromatic nitrogens is 4. The molecule has 1 unspecified atom stereocenters. The first-order chi connectivity index (χ1) is 10.3. The molecule has 3 aromatic rings. The van der Waals surface area contributed by atoms with Crippen molar-refractivity contribution in [3.8, 4) is 10.7 Å². The number of hydrogen-bond donors (Lipinski definition) is 0. The molecule has 3 heterocycles. The van der Waals surface area contributed by atoms with Gasteiger partial charge in [-0.15, -0.1) is 21.5 Å². The van der Waals surface area contributed by atoms with Crippen molar-refractivity contribution in [2.75, 3.05) is 6.26 Å². The predicted molar refractivity (Wildman–Crippen MR) is 83.4 cm³/mol. The fourth-order valence-corrected chi connectivity index (χ4v) is 3.32. The van der Waals surface area contributed by atoms with Crippen molar-refractivity contribution in [1.82, 2.24) is 20.3 Å². The van der Waals surface area contributed by atoms with E-state index in [1.54, 1.807) is 23.1 Å². The zero-order chi connectivity index (χ0) is 14.7. The van der Waals surface area contributed by atoms with Gasteiger partial charge < -0.3 is 8.94 Å². The van der Waals surface area contributed by atoms with E-state index in [-0.39, 0.29) is 5.25 Å². The highest BCUT2D eigenvalue weighted by Crippen LogP contribution is 2.34. The van der Waals surface area contributed by atoms with Crippen molar-refractivity contribution in [3.63, 3.8) is 0 Å². The fraction of sp³-hybridized carbons (Fsp3) is 0.333. The van der Waals surface area contributed by atoms with Crippen molar-refractivity contribution in [2.45, 2.75) is 23.1 Å². The van der Waals surface area contributed by atoms with Gasteiger partial charge in [0.1, 0.15) is 0 Å². The first-order valence-corrected chi connectivity index (χ1v) is 9.27. The summed E-state index contributed by atoms with van der Waals surface area (Å²) in [6.07, 6.45) is 1.99. The van der Waals surface area contributed by atoms with E-state index in [0.29, 0.717) is 28.6 Å². The number of thioether (sulfide) groups is 2. The van der Waals surface area contributed by atoms with Crippen LogP contribution in [0.15, 0.2) is 31.7 Å². The Morgan fingerprint density at radius 1 is 1.38 bits per heavy atom. The maximum Gasteiger partial charge on any atom is 0.277 e. The molecule has 0 bridgehead atoms. The van der Waals surface area contributed by atoms with Crippen LogP contribution in [0.25, 0.3) is 10.7 Å². The van der Waals surface area contributed by atoms with Gasteiger partial charge in [0, 0.05) is 0 Å². The minimum absolute atomic E-state index is 0.0474. The Labute approximate surface area is 133 Å². The highest BCUT2D eigenvalue weighted by Gasteiger charge is 2.19. The molecule has 0 saturated carbocycles. The molecule has 0 aliphatic heterocycles. The number of rotatable bonds is 6. The zero-order valence-electron chi connectivity index (χ0n) is 11.3. The van der Waals surface area contributed by atoms with Crippen LogP contribution in [0.2, 0.25) is 0 Å². The Morgan fingerprint density at radius 2 is 2.29 bits per heavy atom. The lowest BCUT2D eigenvalue weighted by Gasteiger charge is -2.00. The molecule has 3 rings (SSSR count). The van der Waals surface area contributed by atoms with Crippen molar-refractivity contribution in [3.05, 3.63) is 29.3 Å². The van der Waals surface area contributed by atoms with Gasteiger partial charge in [0.25, 0.3) is 5.22 Å². The Balaban J connectivity index is 1.68. The Bertz CT molecular complexity index is 695. The molecule has 1 atom stereocenters. The summed E-state index contributed by atoms with van der Waals surface area (Å²) in [5.41, 5.74) is 0. The van der Waals surface area contributed by atoms with E-state index in [2.05, 4.69) is 20.3 Å². The van der Waals surface area contributed by atoms with Crippen LogP contribution in [-0.4, -0.2) is 26.6 Å². The quantitative estimate of drug-likeness (QED) is 0.625. The molecule has 110 valence electrons. The number of nitrogens with zero attached hydrogens (tertiary/aromatic N) is 4. The topological polar surface area (TPSA) is 77.8 Å². The average Bonchev–Trinajstić information content (AvgIpc) is 3.20. The summed E-state index contributed by atoms with van der Waals surface area (Å²) in [5.74, 6) is 2.50. The average molecular weight is 340 g/mol. The minimum Gasteiger partial charge on any atom is -0.415 e. The zero-order valence-corrected chi connectivity index (χ0v) is 13.8. The van der Waals surface area contributed by atoms with Gasteiger partial charge in [-0.1, -0.05) is 23.0 Å². The maximum atomic E-state index is 5.53. The van der Waals surface area contributed by atoms with E-state index >= 15 is 0 Å². The van der Waals surface area contributed by atoms with Crippen LogP contribution < -0.4 is 0 Å². The molecule has 0 aliphatic rings. The van der Waals surface area contributed by atoms with Crippen molar-refractivity contribution in [2.24, 2.45) is 0 Å². The third kappa shape index (κ3) is 3.47. The summed E-state index contributed by atoms with van der Waals surface area (Å²) in [4.78, 5) is 5.40. The van der Waals surface area contributed by atoms with Crippen LogP contribution in [0.1, 0.15) is 24.0 Å². The lowest BCUT2D eigenvalue weighted by atomic mass is 10.4. The smallest absolute Gasteiger partial charge is 0.277 e. The molecular formula is C12H12N4O2S3. The van der Waals surface area contributed by atoms with Crippen molar-refractivity contribution < 1.29 is 8.94 Å². The molecule has 0 radical (unpaired) electrons. The third-order valence-electron chi connectivity index (χ3n) is 2.52. The highest BCUT2D eigenvalue weighted by molar-refractivity contribution is 7.99. The van der Waals surface area contributed by atoms with E-state index in [9.17, 15) is 0 Å². The molecule has 0 fully saturated rings. The predicted octanol–water partition coefficient (Wildman–Crippen LogP) is 3.90.